The Morgan fingerprint density at radius 3 is 2.76 bits per heavy atom. The summed E-state index contributed by atoms with van der Waals surface area (Å²) in [5.74, 6) is 5.55. The smallest absolute Gasteiger partial charge is 0.262 e. The van der Waals surface area contributed by atoms with Gasteiger partial charge in [0.25, 0.3) is 5.91 Å². The van der Waals surface area contributed by atoms with E-state index in [0.29, 0.717) is 36.7 Å². The fourth-order valence-electron chi connectivity index (χ4n) is 9.92. The molecule has 3 fully saturated rings. The highest BCUT2D eigenvalue weighted by molar-refractivity contribution is 7.99. The van der Waals surface area contributed by atoms with Gasteiger partial charge in [-0.25, -0.2) is 4.21 Å². The van der Waals surface area contributed by atoms with Gasteiger partial charge in [0.15, 0.2) is 0 Å². The van der Waals surface area contributed by atoms with Crippen LogP contribution in [-0.4, -0.2) is 90.4 Å². The van der Waals surface area contributed by atoms with Crippen molar-refractivity contribution in [2.45, 2.75) is 87.5 Å². The van der Waals surface area contributed by atoms with E-state index in [2.05, 4.69) is 39.4 Å². The number of nitrogens with zero attached hydrogens (tertiary/aromatic N) is 2. The fraction of sp³-hybridized carbons (Fsp3) is 0.641. The lowest BCUT2D eigenvalue weighted by Crippen LogP contribution is -2.65. The maximum absolute atomic E-state index is 14.0. The van der Waals surface area contributed by atoms with Gasteiger partial charge in [0, 0.05) is 47.4 Å². The molecule has 4 heterocycles. The molecule has 266 valence electrons. The molecule has 4 aliphatic heterocycles. The molecule has 2 bridgehead atoms. The molecule has 8 atom stereocenters. The molecule has 1 N–H and O–H groups in total. The predicted molar refractivity (Wildman–Crippen MR) is 197 cm³/mol. The van der Waals surface area contributed by atoms with E-state index in [-0.39, 0.29) is 28.1 Å². The van der Waals surface area contributed by atoms with Crippen molar-refractivity contribution in [3.8, 4) is 5.75 Å². The second-order valence-corrected chi connectivity index (χ2v) is 18.9. The third kappa shape index (κ3) is 6.19. The molecule has 0 aromatic heterocycles. The summed E-state index contributed by atoms with van der Waals surface area (Å²) in [6.45, 7) is 10.5. The van der Waals surface area contributed by atoms with Crippen LogP contribution in [0.3, 0.4) is 0 Å². The Labute approximate surface area is 297 Å². The second kappa shape index (κ2) is 13.0. The number of hydrogen-bond acceptors (Lipinski definition) is 7. The summed E-state index contributed by atoms with van der Waals surface area (Å²) in [5, 5.41) is 0.505. The first-order valence-electron chi connectivity index (χ1n) is 18.5. The van der Waals surface area contributed by atoms with Gasteiger partial charge in [-0.3, -0.25) is 14.4 Å². The largest absolute Gasteiger partial charge is 0.490 e. The van der Waals surface area contributed by atoms with E-state index >= 15 is 0 Å². The van der Waals surface area contributed by atoms with Crippen molar-refractivity contribution >= 4 is 38.8 Å². The molecule has 8 nitrogen and oxygen atoms in total. The summed E-state index contributed by atoms with van der Waals surface area (Å²) < 4.78 is 36.5. The van der Waals surface area contributed by atoms with Crippen LogP contribution in [0.4, 0.5) is 5.69 Å². The van der Waals surface area contributed by atoms with E-state index in [9.17, 15) is 9.00 Å². The highest BCUT2D eigenvalue weighted by Gasteiger charge is 2.53. The Kier molecular flexibility index (Phi) is 9.00. The third-order valence-corrected chi connectivity index (χ3v) is 15.6. The number of carbonyl (C=O) groups excluding carboxylic acids is 1. The minimum Gasteiger partial charge on any atom is -0.490 e. The number of halogens is 1. The lowest BCUT2D eigenvalue weighted by molar-refractivity contribution is -0.212. The normalized spacial score (nSPS) is 38.3. The van der Waals surface area contributed by atoms with Gasteiger partial charge in [0.1, 0.15) is 5.75 Å². The zero-order valence-electron chi connectivity index (χ0n) is 29.1. The van der Waals surface area contributed by atoms with Crippen LogP contribution in [0.2, 0.25) is 5.02 Å². The number of carbonyl (C=O) groups is 1. The monoisotopic (exact) mass is 709 g/mol. The van der Waals surface area contributed by atoms with Gasteiger partial charge in [-0.15, -0.1) is 0 Å². The van der Waals surface area contributed by atoms with Crippen LogP contribution in [0, 0.1) is 17.8 Å². The predicted octanol–water partition coefficient (Wildman–Crippen LogP) is 5.88. The molecule has 8 rings (SSSR count). The topological polar surface area (TPSA) is 80.3 Å². The molecule has 2 aromatic carbocycles. The molecule has 1 unspecified atom stereocenters. The molecule has 10 heteroatoms. The summed E-state index contributed by atoms with van der Waals surface area (Å²) in [6.07, 6.45) is 8.30. The Morgan fingerprint density at radius 1 is 1.04 bits per heavy atom. The maximum Gasteiger partial charge on any atom is 0.262 e. The average molecular weight is 710 g/mol. The standard InChI is InChI=1S/C39H52ClN3O5S/c1-26-6-4-15-39(24-42-16-17-46-21-32(42)22-48-39)34-11-8-30(34)20-43-23-38(14-5-7-28-18-31(40)10-12-33(28)38)25-47-36-13-9-29(19-35(36)43)37(44)41-49(3,45)27(26)2/h9-10,12-13,18-19,26-27,30,32,34H,3-8,11,14-17,20-25H2,1-2H3,(H,41,44,45)/t26-,27+,30-,32-,34+,38-,39-,49?/m0/s1. The second-order valence-electron chi connectivity index (χ2n) is 16.0. The number of hydrogen-bond donors (Lipinski definition) is 1. The van der Waals surface area contributed by atoms with Crippen molar-refractivity contribution in [1.29, 1.82) is 0 Å². The number of anilines is 1. The molecule has 2 saturated heterocycles. The van der Waals surface area contributed by atoms with E-state index in [1.54, 1.807) is 6.07 Å². The van der Waals surface area contributed by atoms with Crippen LogP contribution in [0.25, 0.3) is 0 Å². The van der Waals surface area contributed by atoms with Crippen LogP contribution in [0.5, 0.6) is 5.75 Å². The zero-order chi connectivity index (χ0) is 34.0. The average Bonchev–Trinajstić information content (AvgIpc) is 3.22. The lowest BCUT2D eigenvalue weighted by Gasteiger charge is -2.57. The van der Waals surface area contributed by atoms with Gasteiger partial charge in [0.2, 0.25) is 0 Å². The van der Waals surface area contributed by atoms with Crippen LogP contribution < -0.4 is 14.4 Å². The number of morpholine rings is 2. The molecule has 1 amide bonds. The maximum atomic E-state index is 14.0. The molecule has 1 saturated carbocycles. The first-order valence-corrected chi connectivity index (χ1v) is 20.7. The highest BCUT2D eigenvalue weighted by atomic mass is 35.5. The molecule has 6 aliphatic rings. The first kappa shape index (κ1) is 33.8. The summed E-state index contributed by atoms with van der Waals surface area (Å²) in [4.78, 5) is 18.9. The Hall–Kier alpha value is -2.30. The first-order chi connectivity index (χ1) is 23.6. The van der Waals surface area contributed by atoms with Gasteiger partial charge in [-0.1, -0.05) is 31.0 Å². The highest BCUT2D eigenvalue weighted by Crippen LogP contribution is 2.51. The number of benzene rings is 2. The van der Waals surface area contributed by atoms with Crippen LogP contribution in [0.15, 0.2) is 36.4 Å². The molecular formula is C39H52ClN3O5S. The van der Waals surface area contributed by atoms with Crippen molar-refractivity contribution in [1.82, 2.24) is 9.62 Å². The fourth-order valence-corrected chi connectivity index (χ4v) is 11.6. The van der Waals surface area contributed by atoms with Gasteiger partial charge in [-0.05, 0) is 117 Å². The summed E-state index contributed by atoms with van der Waals surface area (Å²) in [6, 6.07) is 12.4. The molecule has 2 aromatic rings. The van der Waals surface area contributed by atoms with Gasteiger partial charge >= 0.3 is 0 Å². The third-order valence-electron chi connectivity index (χ3n) is 13.2. The van der Waals surface area contributed by atoms with Crippen molar-refractivity contribution in [2.24, 2.45) is 17.8 Å². The van der Waals surface area contributed by atoms with Crippen molar-refractivity contribution in [2.75, 3.05) is 57.5 Å². The number of nitrogens with one attached hydrogen (secondary N) is 1. The molecular weight excluding hydrogens is 658 g/mol. The van der Waals surface area contributed by atoms with E-state index in [0.717, 1.165) is 107 Å². The summed E-state index contributed by atoms with van der Waals surface area (Å²) >= 11 is 6.50. The van der Waals surface area contributed by atoms with E-state index in [1.807, 2.05) is 25.1 Å². The quantitative estimate of drug-likeness (QED) is 0.343. The Morgan fingerprint density at radius 2 is 1.92 bits per heavy atom. The molecule has 49 heavy (non-hydrogen) atoms. The van der Waals surface area contributed by atoms with Crippen LogP contribution in [0.1, 0.15) is 80.3 Å². The van der Waals surface area contributed by atoms with Gasteiger partial charge < -0.3 is 19.1 Å². The Bertz CT molecular complexity index is 1700. The van der Waals surface area contributed by atoms with Crippen molar-refractivity contribution in [3.05, 3.63) is 58.1 Å². The number of ether oxygens (including phenoxy) is 3. The minimum atomic E-state index is -2.90. The number of rotatable bonds is 0. The Balaban J connectivity index is 1.20. The van der Waals surface area contributed by atoms with Crippen molar-refractivity contribution < 1.29 is 23.2 Å². The SMILES string of the molecule is C=S1(=O)NC(=O)c2ccc3c(c2)N(C[C@@H]2CC[C@H]2[C@]2(CCC[C@H](C)[C@H]1C)CN1CCOC[C@H]1CO2)C[C@@]1(CCCc2cc(Cl)ccc21)CO3. The molecule has 2 aliphatic carbocycles. The van der Waals surface area contributed by atoms with Crippen LogP contribution >= 0.6 is 11.6 Å². The number of fused-ring (bicyclic) bond motifs is 6. The zero-order valence-corrected chi connectivity index (χ0v) is 30.7. The van der Waals surface area contributed by atoms with E-state index in [1.165, 1.54) is 11.1 Å². The molecule has 0 radical (unpaired) electrons. The van der Waals surface area contributed by atoms with Gasteiger partial charge in [-0.2, -0.15) is 0 Å². The molecule has 2 spiro atoms. The van der Waals surface area contributed by atoms with Gasteiger partial charge in [0.05, 0.1) is 53.5 Å². The number of aryl methyl sites for hydroxylation is 1. The minimum absolute atomic E-state index is 0.132. The van der Waals surface area contributed by atoms with E-state index < -0.39 is 9.71 Å². The van der Waals surface area contributed by atoms with Crippen LogP contribution in [-0.2, 0) is 31.0 Å². The lowest BCUT2D eigenvalue weighted by atomic mass is 9.62. The number of amides is 1. The summed E-state index contributed by atoms with van der Waals surface area (Å²) in [5.41, 5.74) is 3.64. The van der Waals surface area contributed by atoms with E-state index in [4.69, 9.17) is 25.8 Å². The van der Waals surface area contributed by atoms with Crippen molar-refractivity contribution in [3.63, 3.8) is 0 Å². The summed E-state index contributed by atoms with van der Waals surface area (Å²) in [7, 11) is -2.90.